The molecule has 2 nitrogen and oxygen atoms in total. The molecule has 3 aromatic carbocycles. The highest BCUT2D eigenvalue weighted by atomic mass is 32.1. The summed E-state index contributed by atoms with van der Waals surface area (Å²) in [6, 6.07) is 9.17. The average molecular weight is 479 g/mol. The van der Waals surface area contributed by atoms with Crippen molar-refractivity contribution in [2.24, 2.45) is 0 Å². The summed E-state index contributed by atoms with van der Waals surface area (Å²) in [5.74, 6) is -7.53. The molecule has 0 N–H and O–H groups in total. The number of nitrogens with zero attached hydrogens (tertiary/aromatic N) is 1. The topological polar surface area (TPSA) is 22.1 Å². The van der Waals surface area contributed by atoms with Crippen LogP contribution in [0.15, 0.2) is 61.2 Å². The molecule has 9 heteroatoms. The molecule has 0 unspecified atom stereocenters. The van der Waals surface area contributed by atoms with Crippen LogP contribution in [0.1, 0.15) is 17.5 Å². The van der Waals surface area contributed by atoms with Crippen LogP contribution in [-0.2, 0) is 12.5 Å². The monoisotopic (exact) mass is 479 g/mol. The van der Waals surface area contributed by atoms with Gasteiger partial charge in [-0.3, -0.25) is 0 Å². The number of halogens is 6. The van der Waals surface area contributed by atoms with E-state index in [4.69, 9.17) is 0 Å². The zero-order valence-electron chi connectivity index (χ0n) is 16.8. The molecule has 0 aliphatic carbocycles. The van der Waals surface area contributed by atoms with Crippen LogP contribution >= 0.6 is 11.3 Å². The highest BCUT2D eigenvalue weighted by Crippen LogP contribution is 2.37. The SMILES string of the molecule is C=CCCc1ccc2nc(-c3ccc(C(F)(F)Oc4cc(F)c(F)c(F)c4)c(F)c3)sc2c1. The summed E-state index contributed by atoms with van der Waals surface area (Å²) in [6.45, 7) is 3.69. The van der Waals surface area contributed by atoms with E-state index >= 15 is 0 Å². The molecule has 170 valence electrons. The molecule has 1 heterocycles. The first-order valence-corrected chi connectivity index (χ1v) is 10.5. The van der Waals surface area contributed by atoms with Gasteiger partial charge in [0.1, 0.15) is 16.6 Å². The van der Waals surface area contributed by atoms with Gasteiger partial charge in [0.2, 0.25) is 0 Å². The molecule has 0 atom stereocenters. The summed E-state index contributed by atoms with van der Waals surface area (Å²) in [4.78, 5) is 4.43. The Morgan fingerprint density at radius 3 is 2.33 bits per heavy atom. The normalized spacial score (nSPS) is 11.7. The molecule has 0 aliphatic rings. The van der Waals surface area contributed by atoms with E-state index in [2.05, 4.69) is 16.3 Å². The van der Waals surface area contributed by atoms with Gasteiger partial charge in [-0.05, 0) is 42.7 Å². The Morgan fingerprint density at radius 2 is 1.67 bits per heavy atom. The largest absolute Gasteiger partial charge is 0.429 e. The number of allylic oxidation sites excluding steroid dienone is 1. The molecule has 4 rings (SSSR count). The molecule has 0 fully saturated rings. The van der Waals surface area contributed by atoms with Gasteiger partial charge in [-0.1, -0.05) is 18.2 Å². The molecule has 4 aromatic rings. The van der Waals surface area contributed by atoms with Gasteiger partial charge < -0.3 is 4.74 Å². The Labute approximate surface area is 188 Å². The van der Waals surface area contributed by atoms with Crippen molar-refractivity contribution >= 4 is 21.6 Å². The lowest BCUT2D eigenvalue weighted by Crippen LogP contribution is -2.23. The van der Waals surface area contributed by atoms with Crippen molar-refractivity contribution in [1.82, 2.24) is 4.98 Å². The van der Waals surface area contributed by atoms with E-state index in [1.165, 1.54) is 17.4 Å². The summed E-state index contributed by atoms with van der Waals surface area (Å²) >= 11 is 1.29. The number of aromatic nitrogens is 1. The smallest absolute Gasteiger partial charge is 0.429 e. The fourth-order valence-electron chi connectivity index (χ4n) is 3.20. The minimum atomic E-state index is -4.27. The Kier molecular flexibility index (Phi) is 6.16. The second-order valence-electron chi connectivity index (χ2n) is 7.16. The fraction of sp³-hybridized carbons (Fsp3) is 0.125. The molecule has 0 spiro atoms. The van der Waals surface area contributed by atoms with Gasteiger partial charge in [0.15, 0.2) is 17.5 Å². The van der Waals surface area contributed by atoms with Gasteiger partial charge in [0.25, 0.3) is 0 Å². The van der Waals surface area contributed by atoms with E-state index in [1.807, 2.05) is 24.3 Å². The second kappa shape index (κ2) is 8.90. The third-order valence-corrected chi connectivity index (χ3v) is 5.89. The minimum absolute atomic E-state index is 0.253. The number of hydrogen-bond donors (Lipinski definition) is 0. The predicted octanol–water partition coefficient (Wildman–Crippen LogP) is 7.77. The summed E-state index contributed by atoms with van der Waals surface area (Å²) < 4.78 is 88.4. The molecule has 0 amide bonds. The van der Waals surface area contributed by atoms with Crippen molar-refractivity contribution in [1.29, 1.82) is 0 Å². The van der Waals surface area contributed by atoms with Gasteiger partial charge in [-0.2, -0.15) is 8.78 Å². The molecular formula is C24H15F6NOS. The number of rotatable bonds is 7. The summed E-state index contributed by atoms with van der Waals surface area (Å²) in [5.41, 5.74) is 0.907. The molecule has 33 heavy (non-hydrogen) atoms. The number of aryl methyl sites for hydroxylation is 1. The quantitative estimate of drug-likeness (QED) is 0.154. The number of alkyl halides is 2. The molecular weight excluding hydrogens is 464 g/mol. The van der Waals surface area contributed by atoms with Crippen LogP contribution in [0.5, 0.6) is 5.75 Å². The summed E-state index contributed by atoms with van der Waals surface area (Å²) in [5, 5.41) is 0.434. The lowest BCUT2D eigenvalue weighted by molar-refractivity contribution is -0.187. The van der Waals surface area contributed by atoms with Crippen LogP contribution in [0.2, 0.25) is 0 Å². The van der Waals surface area contributed by atoms with Crippen molar-refractivity contribution in [2.45, 2.75) is 19.0 Å². The van der Waals surface area contributed by atoms with Gasteiger partial charge in [0.05, 0.1) is 15.8 Å². The second-order valence-corrected chi connectivity index (χ2v) is 8.19. The molecule has 1 aromatic heterocycles. The van der Waals surface area contributed by atoms with Gasteiger partial charge in [0, 0.05) is 17.7 Å². The third kappa shape index (κ3) is 4.73. The van der Waals surface area contributed by atoms with E-state index in [-0.39, 0.29) is 17.7 Å². The fourth-order valence-corrected chi connectivity index (χ4v) is 4.22. The number of benzene rings is 3. The van der Waals surface area contributed by atoms with Crippen molar-refractivity contribution in [3.8, 4) is 16.3 Å². The van der Waals surface area contributed by atoms with Crippen LogP contribution in [0.3, 0.4) is 0 Å². The number of ether oxygens (including phenoxy) is 1. The van der Waals surface area contributed by atoms with Gasteiger partial charge in [-0.15, -0.1) is 17.9 Å². The number of thiazole rings is 1. The zero-order chi connectivity index (χ0) is 23.8. The minimum Gasteiger partial charge on any atom is -0.429 e. The van der Waals surface area contributed by atoms with Crippen LogP contribution in [0, 0.1) is 23.3 Å². The van der Waals surface area contributed by atoms with Crippen molar-refractivity contribution in [2.75, 3.05) is 0 Å². The first-order valence-electron chi connectivity index (χ1n) is 9.70. The van der Waals surface area contributed by atoms with Crippen molar-refractivity contribution in [3.05, 3.63) is 95.6 Å². The number of hydrogen-bond acceptors (Lipinski definition) is 3. The lowest BCUT2D eigenvalue weighted by Gasteiger charge is -2.19. The maximum Gasteiger partial charge on any atom is 0.429 e. The van der Waals surface area contributed by atoms with Crippen LogP contribution in [0.25, 0.3) is 20.8 Å². The maximum absolute atomic E-state index is 14.6. The van der Waals surface area contributed by atoms with E-state index in [0.29, 0.717) is 10.5 Å². The Hall–Kier alpha value is -3.33. The number of fused-ring (bicyclic) bond motifs is 1. The molecule has 0 radical (unpaired) electrons. The van der Waals surface area contributed by atoms with Crippen LogP contribution in [-0.4, -0.2) is 4.98 Å². The van der Waals surface area contributed by atoms with E-state index in [0.717, 1.165) is 35.2 Å². The third-order valence-electron chi connectivity index (χ3n) is 4.82. The molecule has 0 saturated carbocycles. The van der Waals surface area contributed by atoms with E-state index in [9.17, 15) is 26.3 Å². The average Bonchev–Trinajstić information content (AvgIpc) is 3.19. The zero-order valence-corrected chi connectivity index (χ0v) is 17.7. The molecule has 0 aliphatic heterocycles. The Morgan fingerprint density at radius 1 is 0.939 bits per heavy atom. The van der Waals surface area contributed by atoms with Crippen LogP contribution < -0.4 is 4.74 Å². The first-order chi connectivity index (χ1) is 15.7. The first kappa shape index (κ1) is 22.8. The summed E-state index contributed by atoms with van der Waals surface area (Å²) in [6.07, 6.45) is -0.827. The van der Waals surface area contributed by atoms with Crippen molar-refractivity contribution < 1.29 is 31.1 Å². The molecule has 0 bridgehead atoms. The highest BCUT2D eigenvalue weighted by Gasteiger charge is 2.38. The Bertz CT molecular complexity index is 1330. The van der Waals surface area contributed by atoms with E-state index < -0.39 is 40.7 Å². The highest BCUT2D eigenvalue weighted by molar-refractivity contribution is 7.21. The van der Waals surface area contributed by atoms with Gasteiger partial charge in [-0.25, -0.2) is 22.5 Å². The van der Waals surface area contributed by atoms with E-state index in [1.54, 1.807) is 0 Å². The Balaban J connectivity index is 1.61. The molecule has 0 saturated heterocycles. The van der Waals surface area contributed by atoms with Crippen molar-refractivity contribution in [3.63, 3.8) is 0 Å². The van der Waals surface area contributed by atoms with Gasteiger partial charge >= 0.3 is 6.11 Å². The predicted molar refractivity (Wildman–Crippen MR) is 114 cm³/mol. The standard InChI is InChI=1S/C24H15F6NOS/c1-2-3-4-13-5-8-20-21(9-13)33-23(31-20)14-6-7-16(17(25)10-14)24(29,30)32-15-11-18(26)22(28)19(27)12-15/h2,5-12H,1,3-4H2. The van der Waals surface area contributed by atoms with Crippen LogP contribution in [0.4, 0.5) is 26.3 Å². The lowest BCUT2D eigenvalue weighted by atomic mass is 10.1. The summed E-state index contributed by atoms with van der Waals surface area (Å²) in [7, 11) is 0. The maximum atomic E-state index is 14.6.